The fourth-order valence-corrected chi connectivity index (χ4v) is 8.58. The summed E-state index contributed by atoms with van der Waals surface area (Å²) in [5.41, 5.74) is 0. The number of rotatable bonds is 58. The van der Waals surface area contributed by atoms with Gasteiger partial charge >= 0.3 is 0 Å². The molecule has 2 unspecified atom stereocenters. The molecule has 0 N–H and O–H groups in total. The Labute approximate surface area is 431 Å². The van der Waals surface area contributed by atoms with Crippen LogP contribution in [0.3, 0.4) is 0 Å². The maximum absolute atomic E-state index is 7.35. The molecule has 0 bridgehead atoms. The van der Waals surface area contributed by atoms with E-state index >= 15 is 0 Å². The molecule has 0 aliphatic rings. The van der Waals surface area contributed by atoms with Gasteiger partial charge in [0, 0.05) is 12.8 Å². The third kappa shape index (κ3) is 42.7. The quantitative estimate of drug-likeness (QED) is 0.0342. The van der Waals surface area contributed by atoms with E-state index in [-0.39, 0.29) is 0 Å². The normalized spacial score (nSPS) is 13.3. The third-order valence-corrected chi connectivity index (χ3v) is 13.3. The van der Waals surface area contributed by atoms with Crippen LogP contribution < -0.4 is 0 Å². The molecule has 0 aliphatic heterocycles. The predicted molar refractivity (Wildman–Crippen MR) is 298 cm³/mol. The van der Waals surface area contributed by atoms with Crippen molar-refractivity contribution in [1.82, 2.24) is 0 Å². The SMILES string of the molecule is CCCCCCCCCCOC(OC(OCCCCCCCCCC)C(OCCCC)=C(CCCCCCCCCC)OCCCC)C(OCCCC)=C(CCCCCCCCCC)OCCCC. The minimum Gasteiger partial charge on any atom is -0.494 e. The van der Waals surface area contributed by atoms with Crippen molar-refractivity contribution in [3.63, 3.8) is 0 Å². The molecule has 0 spiro atoms. The van der Waals surface area contributed by atoms with Gasteiger partial charge in [-0.15, -0.1) is 0 Å². The van der Waals surface area contributed by atoms with E-state index in [1.54, 1.807) is 0 Å². The summed E-state index contributed by atoms with van der Waals surface area (Å²) in [7, 11) is 0. The standard InChI is InChI=1S/C62H122O7/c1-9-17-25-29-33-37-41-45-49-57(63-51-21-13-5)59(65-53-23-15-7)61(67-55-47-43-39-35-31-27-19-11-3)69-62(68-56-48-44-40-36-32-28-20-12-4)60(66-54-24-16-8)58(64-52-22-14-6)50-46-42-38-34-30-26-18-10-2/h61-62H,9-56H2,1-8H3. The summed E-state index contributed by atoms with van der Waals surface area (Å²) >= 11 is 0. The lowest BCUT2D eigenvalue weighted by Gasteiger charge is -2.30. The highest BCUT2D eigenvalue weighted by Crippen LogP contribution is 2.30. The van der Waals surface area contributed by atoms with Crippen LogP contribution >= 0.6 is 0 Å². The van der Waals surface area contributed by atoms with E-state index < -0.39 is 12.6 Å². The molecule has 0 radical (unpaired) electrons. The number of hydrogen-bond donors (Lipinski definition) is 0. The molecule has 0 aromatic rings. The largest absolute Gasteiger partial charge is 0.494 e. The van der Waals surface area contributed by atoms with Gasteiger partial charge in [0.2, 0.25) is 12.6 Å². The van der Waals surface area contributed by atoms with E-state index in [1.807, 2.05) is 0 Å². The molecule has 2 atom stereocenters. The average molecular weight is 980 g/mol. The second kappa shape index (κ2) is 55.9. The molecule has 0 saturated heterocycles. The Morgan fingerprint density at radius 2 is 0.464 bits per heavy atom. The molecule has 0 aromatic carbocycles. The van der Waals surface area contributed by atoms with Gasteiger partial charge in [-0.3, -0.25) is 0 Å². The Morgan fingerprint density at radius 1 is 0.232 bits per heavy atom. The van der Waals surface area contributed by atoms with Crippen LogP contribution in [0.5, 0.6) is 0 Å². The average Bonchev–Trinajstić information content (AvgIpc) is 3.35. The molecule has 7 nitrogen and oxygen atoms in total. The van der Waals surface area contributed by atoms with Gasteiger partial charge < -0.3 is 33.2 Å². The Balaban J connectivity index is 7.29. The predicted octanol–water partition coefficient (Wildman–Crippen LogP) is 20.7. The van der Waals surface area contributed by atoms with Gasteiger partial charge in [-0.2, -0.15) is 0 Å². The van der Waals surface area contributed by atoms with Crippen LogP contribution in [-0.2, 0) is 33.2 Å². The summed E-state index contributed by atoms with van der Waals surface area (Å²) in [4.78, 5) is 0. The summed E-state index contributed by atoms with van der Waals surface area (Å²) in [6.07, 6.45) is 48.2. The molecular weight excluding hydrogens is 857 g/mol. The first-order chi connectivity index (χ1) is 34.1. The summed E-state index contributed by atoms with van der Waals surface area (Å²) < 4.78 is 48.7. The van der Waals surface area contributed by atoms with Crippen molar-refractivity contribution in [2.45, 2.75) is 338 Å². The Bertz CT molecular complexity index is 993. The molecule has 0 fully saturated rings. The van der Waals surface area contributed by atoms with E-state index in [2.05, 4.69) is 55.4 Å². The van der Waals surface area contributed by atoms with Crippen molar-refractivity contribution in [3.05, 3.63) is 23.0 Å². The number of allylic oxidation sites excluding steroid dienone is 2. The summed E-state index contributed by atoms with van der Waals surface area (Å²) in [6.45, 7) is 21.8. The topological polar surface area (TPSA) is 64.6 Å². The van der Waals surface area contributed by atoms with E-state index in [1.165, 1.54) is 167 Å². The fourth-order valence-electron chi connectivity index (χ4n) is 8.58. The van der Waals surface area contributed by atoms with Crippen LogP contribution in [0.1, 0.15) is 325 Å². The van der Waals surface area contributed by atoms with E-state index in [9.17, 15) is 0 Å². The van der Waals surface area contributed by atoms with Gasteiger partial charge in [-0.1, -0.05) is 261 Å². The first kappa shape index (κ1) is 67.6. The van der Waals surface area contributed by atoms with E-state index in [0.717, 1.165) is 114 Å². The van der Waals surface area contributed by atoms with Gasteiger partial charge in [0.1, 0.15) is 11.5 Å². The molecule has 0 rings (SSSR count). The molecule has 0 aliphatic carbocycles. The zero-order valence-electron chi connectivity index (χ0n) is 48.0. The van der Waals surface area contributed by atoms with Crippen LogP contribution in [0.15, 0.2) is 23.0 Å². The van der Waals surface area contributed by atoms with Crippen molar-refractivity contribution in [3.8, 4) is 0 Å². The minimum absolute atomic E-state index is 0.582. The van der Waals surface area contributed by atoms with Crippen LogP contribution in [-0.4, -0.2) is 52.2 Å². The number of ether oxygens (including phenoxy) is 7. The van der Waals surface area contributed by atoms with Crippen LogP contribution in [0.25, 0.3) is 0 Å². The lowest BCUT2D eigenvalue weighted by molar-refractivity contribution is -0.243. The minimum atomic E-state index is -0.801. The van der Waals surface area contributed by atoms with Crippen molar-refractivity contribution in [2.24, 2.45) is 0 Å². The molecule has 0 amide bonds. The molecule has 0 heterocycles. The Morgan fingerprint density at radius 3 is 0.739 bits per heavy atom. The molecule has 0 aromatic heterocycles. The molecule has 0 saturated carbocycles. The maximum atomic E-state index is 7.35. The van der Waals surface area contributed by atoms with Crippen LogP contribution in [0, 0.1) is 0 Å². The highest BCUT2D eigenvalue weighted by molar-refractivity contribution is 5.09. The summed E-state index contributed by atoms with van der Waals surface area (Å²) in [5.74, 6) is 3.19. The highest BCUT2D eigenvalue weighted by Gasteiger charge is 2.32. The lowest BCUT2D eigenvalue weighted by atomic mass is 10.1. The first-order valence-electron chi connectivity index (χ1n) is 30.9. The maximum Gasteiger partial charge on any atom is 0.223 e. The second-order valence-corrected chi connectivity index (χ2v) is 20.3. The molecular formula is C62H122O7. The zero-order valence-corrected chi connectivity index (χ0v) is 48.0. The van der Waals surface area contributed by atoms with Crippen molar-refractivity contribution < 1.29 is 33.2 Å². The van der Waals surface area contributed by atoms with E-state index in [0.29, 0.717) is 51.2 Å². The van der Waals surface area contributed by atoms with Gasteiger partial charge in [0.25, 0.3) is 0 Å². The second-order valence-electron chi connectivity index (χ2n) is 20.3. The zero-order chi connectivity index (χ0) is 50.4. The molecule has 7 heteroatoms. The monoisotopic (exact) mass is 979 g/mol. The fraction of sp³-hybridized carbons (Fsp3) is 0.935. The Kier molecular flexibility index (Phi) is 54.7. The molecule has 69 heavy (non-hydrogen) atoms. The number of unbranched alkanes of at least 4 members (excludes halogenated alkanes) is 32. The summed E-state index contributed by atoms with van der Waals surface area (Å²) in [5, 5.41) is 0. The van der Waals surface area contributed by atoms with Gasteiger partial charge in [-0.25, -0.2) is 0 Å². The molecule has 412 valence electrons. The Hall–Kier alpha value is -1.44. The highest BCUT2D eigenvalue weighted by atomic mass is 16.8. The van der Waals surface area contributed by atoms with Crippen molar-refractivity contribution in [2.75, 3.05) is 39.6 Å². The number of hydrogen-bond acceptors (Lipinski definition) is 7. The lowest BCUT2D eigenvalue weighted by Crippen LogP contribution is -2.34. The first-order valence-corrected chi connectivity index (χ1v) is 30.9. The smallest absolute Gasteiger partial charge is 0.223 e. The van der Waals surface area contributed by atoms with Crippen molar-refractivity contribution >= 4 is 0 Å². The van der Waals surface area contributed by atoms with Crippen molar-refractivity contribution in [1.29, 1.82) is 0 Å². The van der Waals surface area contributed by atoms with Gasteiger partial charge in [0.15, 0.2) is 11.5 Å². The third-order valence-electron chi connectivity index (χ3n) is 13.3. The summed E-state index contributed by atoms with van der Waals surface area (Å²) in [6, 6.07) is 0. The van der Waals surface area contributed by atoms with Gasteiger partial charge in [-0.05, 0) is 51.4 Å². The van der Waals surface area contributed by atoms with Crippen LogP contribution in [0.4, 0.5) is 0 Å². The van der Waals surface area contributed by atoms with E-state index in [4.69, 9.17) is 33.2 Å². The van der Waals surface area contributed by atoms with Crippen LogP contribution in [0.2, 0.25) is 0 Å². The van der Waals surface area contributed by atoms with Gasteiger partial charge in [0.05, 0.1) is 39.6 Å².